The molecule has 3 aromatic rings. The zero-order chi connectivity index (χ0) is 26.7. The molecule has 3 heterocycles. The number of carbonyl (C=O) groups excluding carboxylic acids is 1. The van der Waals surface area contributed by atoms with Gasteiger partial charge in [0, 0.05) is 55.5 Å². The highest BCUT2D eigenvalue weighted by atomic mass is 16.5. The Kier molecular flexibility index (Phi) is 8.15. The number of amides is 1. The summed E-state index contributed by atoms with van der Waals surface area (Å²) in [4.78, 5) is 36.0. The van der Waals surface area contributed by atoms with E-state index in [0.29, 0.717) is 17.5 Å². The number of piperidine rings is 1. The summed E-state index contributed by atoms with van der Waals surface area (Å²) in [6.45, 7) is 13.7. The van der Waals surface area contributed by atoms with Crippen molar-refractivity contribution in [1.29, 1.82) is 0 Å². The second kappa shape index (κ2) is 11.3. The molecule has 198 valence electrons. The molecule has 2 aromatic heterocycles. The first-order chi connectivity index (χ1) is 17.6. The minimum absolute atomic E-state index is 0.0202. The molecule has 1 fully saturated rings. The van der Waals surface area contributed by atoms with Gasteiger partial charge in [0.05, 0.1) is 6.04 Å². The summed E-state index contributed by atoms with van der Waals surface area (Å²) >= 11 is 0. The van der Waals surface area contributed by atoms with E-state index in [1.54, 1.807) is 22.9 Å². The molecule has 1 aromatic carbocycles. The Morgan fingerprint density at radius 3 is 2.30 bits per heavy atom. The molecule has 0 aliphatic carbocycles. The van der Waals surface area contributed by atoms with Gasteiger partial charge in [-0.2, -0.15) is 4.98 Å². The highest BCUT2D eigenvalue weighted by Crippen LogP contribution is 2.25. The summed E-state index contributed by atoms with van der Waals surface area (Å²) in [5, 5.41) is 4.21. The number of benzene rings is 1. The van der Waals surface area contributed by atoms with Gasteiger partial charge >= 0.3 is 0 Å². The molecule has 0 bridgehead atoms. The first kappa shape index (κ1) is 26.6. The predicted molar refractivity (Wildman–Crippen MR) is 147 cm³/mol. The van der Waals surface area contributed by atoms with Gasteiger partial charge in [-0.1, -0.05) is 39.8 Å². The zero-order valence-corrected chi connectivity index (χ0v) is 22.8. The fourth-order valence-corrected chi connectivity index (χ4v) is 4.66. The molecule has 1 aliphatic heterocycles. The number of likely N-dealkylation sites (tertiary alicyclic amines) is 1. The summed E-state index contributed by atoms with van der Waals surface area (Å²) in [5.74, 6) is 1.87. The molecule has 0 radical (unpaired) electrons. The number of anilines is 1. The van der Waals surface area contributed by atoms with Gasteiger partial charge in [-0.15, -0.1) is 0 Å². The van der Waals surface area contributed by atoms with Crippen LogP contribution in [0.5, 0.6) is 5.75 Å². The maximum Gasteiger partial charge on any atom is 0.252 e. The van der Waals surface area contributed by atoms with Crippen molar-refractivity contribution in [2.24, 2.45) is 11.8 Å². The lowest BCUT2D eigenvalue weighted by Crippen LogP contribution is -2.43. The van der Waals surface area contributed by atoms with Crippen LogP contribution >= 0.6 is 0 Å². The van der Waals surface area contributed by atoms with Crippen LogP contribution in [0, 0.1) is 11.8 Å². The number of ether oxygens (including phenoxy) is 1. The van der Waals surface area contributed by atoms with Crippen molar-refractivity contribution < 1.29 is 9.53 Å². The van der Waals surface area contributed by atoms with Crippen LogP contribution in [0.3, 0.4) is 0 Å². The molecule has 0 spiro atoms. The van der Waals surface area contributed by atoms with Gasteiger partial charge in [-0.25, -0.2) is 4.98 Å². The van der Waals surface area contributed by atoms with Crippen molar-refractivity contribution in [3.8, 4) is 5.75 Å². The topological polar surface area (TPSA) is 89.4 Å². The van der Waals surface area contributed by atoms with E-state index in [2.05, 4.69) is 31.1 Å². The first-order valence-corrected chi connectivity index (χ1v) is 13.3. The number of fused-ring (bicyclic) bond motifs is 1. The smallest absolute Gasteiger partial charge is 0.252 e. The van der Waals surface area contributed by atoms with Gasteiger partial charge in [0.25, 0.3) is 5.56 Å². The van der Waals surface area contributed by atoms with E-state index in [-0.39, 0.29) is 35.6 Å². The van der Waals surface area contributed by atoms with Crippen LogP contribution < -0.4 is 15.6 Å². The van der Waals surface area contributed by atoms with Crippen molar-refractivity contribution in [3.05, 3.63) is 58.5 Å². The van der Waals surface area contributed by atoms with Crippen molar-refractivity contribution in [2.45, 2.75) is 72.6 Å². The van der Waals surface area contributed by atoms with E-state index < -0.39 is 0 Å². The van der Waals surface area contributed by atoms with E-state index in [4.69, 9.17) is 9.72 Å². The molecule has 1 amide bonds. The fourth-order valence-electron chi connectivity index (χ4n) is 4.66. The SMILES string of the molecule is CC(C)C(=O)N1CCC(Oc2ccc([C@H](C)Nc3ncc4ccc(=O)n([C@@H](C)C(C)C)c4n3)cc2)CC1. The number of nitrogens with zero attached hydrogens (tertiary/aromatic N) is 4. The largest absolute Gasteiger partial charge is 0.490 e. The number of carbonyl (C=O) groups is 1. The minimum Gasteiger partial charge on any atom is -0.490 e. The van der Waals surface area contributed by atoms with Crippen molar-refractivity contribution in [3.63, 3.8) is 0 Å². The molecule has 1 N–H and O–H groups in total. The number of aromatic nitrogens is 3. The van der Waals surface area contributed by atoms with Crippen LogP contribution in [0.15, 0.2) is 47.4 Å². The summed E-state index contributed by atoms with van der Waals surface area (Å²) in [6, 6.07) is 11.4. The molecule has 2 atom stereocenters. The Labute approximate surface area is 219 Å². The summed E-state index contributed by atoms with van der Waals surface area (Å²) < 4.78 is 7.95. The first-order valence-electron chi connectivity index (χ1n) is 13.3. The van der Waals surface area contributed by atoms with E-state index in [0.717, 1.165) is 42.6 Å². The van der Waals surface area contributed by atoms with E-state index in [1.807, 2.05) is 49.9 Å². The molecule has 1 saturated heterocycles. The highest BCUT2D eigenvalue weighted by Gasteiger charge is 2.25. The van der Waals surface area contributed by atoms with Crippen LogP contribution in [0.4, 0.5) is 5.95 Å². The minimum atomic E-state index is -0.0563. The van der Waals surface area contributed by atoms with Crippen LogP contribution in [-0.2, 0) is 4.79 Å². The van der Waals surface area contributed by atoms with E-state index >= 15 is 0 Å². The van der Waals surface area contributed by atoms with E-state index in [9.17, 15) is 9.59 Å². The zero-order valence-electron chi connectivity index (χ0n) is 22.8. The maximum absolute atomic E-state index is 12.6. The number of hydrogen-bond donors (Lipinski definition) is 1. The van der Waals surface area contributed by atoms with Crippen molar-refractivity contribution >= 4 is 22.9 Å². The third-order valence-electron chi connectivity index (χ3n) is 7.32. The molecule has 37 heavy (non-hydrogen) atoms. The van der Waals surface area contributed by atoms with E-state index in [1.165, 1.54) is 0 Å². The van der Waals surface area contributed by atoms with Crippen LogP contribution in [0.25, 0.3) is 11.0 Å². The quantitative estimate of drug-likeness (QED) is 0.452. The molecule has 4 rings (SSSR count). The van der Waals surface area contributed by atoms with Crippen molar-refractivity contribution in [1.82, 2.24) is 19.4 Å². The Bertz CT molecular complexity index is 1280. The molecule has 0 unspecified atom stereocenters. The van der Waals surface area contributed by atoms with Gasteiger partial charge in [0.1, 0.15) is 17.5 Å². The summed E-state index contributed by atoms with van der Waals surface area (Å²) in [7, 11) is 0. The monoisotopic (exact) mass is 505 g/mol. The molecular formula is C29H39N5O3. The van der Waals surface area contributed by atoms with Crippen LogP contribution in [0.1, 0.15) is 72.0 Å². The lowest BCUT2D eigenvalue weighted by atomic mass is 10.1. The highest BCUT2D eigenvalue weighted by molar-refractivity contribution is 5.78. The summed E-state index contributed by atoms with van der Waals surface area (Å²) in [6.07, 6.45) is 3.57. The molecular weight excluding hydrogens is 466 g/mol. The van der Waals surface area contributed by atoms with Crippen molar-refractivity contribution in [2.75, 3.05) is 18.4 Å². The average Bonchev–Trinajstić information content (AvgIpc) is 2.88. The average molecular weight is 506 g/mol. The number of rotatable bonds is 8. The van der Waals surface area contributed by atoms with Crippen LogP contribution in [-0.4, -0.2) is 44.5 Å². The predicted octanol–water partition coefficient (Wildman–Crippen LogP) is 5.21. The molecule has 8 heteroatoms. The normalized spacial score (nSPS) is 16.3. The molecule has 0 saturated carbocycles. The second-order valence-corrected chi connectivity index (χ2v) is 10.7. The number of pyridine rings is 1. The summed E-state index contributed by atoms with van der Waals surface area (Å²) in [5.41, 5.74) is 1.66. The van der Waals surface area contributed by atoms with Crippen LogP contribution in [0.2, 0.25) is 0 Å². The Morgan fingerprint density at radius 1 is 1.00 bits per heavy atom. The van der Waals surface area contributed by atoms with Gasteiger partial charge in [-0.05, 0) is 43.5 Å². The van der Waals surface area contributed by atoms with Gasteiger partial charge in [-0.3, -0.25) is 14.2 Å². The molecule has 8 nitrogen and oxygen atoms in total. The lowest BCUT2D eigenvalue weighted by Gasteiger charge is -2.33. The standard InChI is InChI=1S/C29H39N5O3/c1-18(2)21(6)34-26(35)12-9-23-17-30-29(32-27(23)34)31-20(5)22-7-10-24(11-8-22)37-25-13-15-33(16-14-25)28(36)19(3)4/h7-12,17-21,25H,13-16H2,1-6H3,(H,30,31,32)/t20-,21-/m0/s1. The fraction of sp³-hybridized carbons (Fsp3) is 0.517. The Hall–Kier alpha value is -3.42. The van der Waals surface area contributed by atoms with Gasteiger partial charge in [0.2, 0.25) is 11.9 Å². The van der Waals surface area contributed by atoms with Gasteiger partial charge in [0.15, 0.2) is 0 Å². The third-order valence-corrected chi connectivity index (χ3v) is 7.32. The second-order valence-electron chi connectivity index (χ2n) is 10.7. The maximum atomic E-state index is 12.6. The Balaban J connectivity index is 1.41. The number of nitrogens with one attached hydrogen (secondary N) is 1. The van der Waals surface area contributed by atoms with Gasteiger partial charge < -0.3 is 15.0 Å². The Morgan fingerprint density at radius 2 is 1.68 bits per heavy atom. The lowest BCUT2D eigenvalue weighted by molar-refractivity contribution is -0.136. The molecule has 1 aliphatic rings. The third kappa shape index (κ3) is 6.12. The number of hydrogen-bond acceptors (Lipinski definition) is 6.